The van der Waals surface area contributed by atoms with E-state index in [0.29, 0.717) is 0 Å². The molecule has 1 aliphatic rings. The SMILES string of the molecule is CC(C)(C#N)CCCc1ccc2cc(O)c(N3C=C(O)NS3(=O)=O)cc2c1. The van der Waals surface area contributed by atoms with Gasteiger partial charge in [-0.1, -0.05) is 18.2 Å². The van der Waals surface area contributed by atoms with Crippen LogP contribution in [0.25, 0.3) is 10.8 Å². The molecule has 1 aliphatic heterocycles. The fourth-order valence-corrected chi connectivity index (χ4v) is 4.09. The molecule has 0 saturated carbocycles. The van der Waals surface area contributed by atoms with Gasteiger partial charge in [0.15, 0.2) is 0 Å². The molecule has 0 bridgehead atoms. The Balaban J connectivity index is 1.91. The van der Waals surface area contributed by atoms with E-state index in [1.54, 1.807) is 6.07 Å². The lowest BCUT2D eigenvalue weighted by molar-refractivity contribution is 0.392. The number of phenols is 1. The summed E-state index contributed by atoms with van der Waals surface area (Å²) in [5.41, 5.74) is 0.761. The first-order valence-electron chi connectivity index (χ1n) is 8.51. The van der Waals surface area contributed by atoms with Gasteiger partial charge >= 0.3 is 10.2 Å². The number of aliphatic hydroxyl groups is 1. The topological polar surface area (TPSA) is 114 Å². The molecule has 0 radical (unpaired) electrons. The van der Waals surface area contributed by atoms with Crippen molar-refractivity contribution in [3.63, 3.8) is 0 Å². The highest BCUT2D eigenvalue weighted by atomic mass is 32.2. The Morgan fingerprint density at radius 3 is 2.56 bits per heavy atom. The van der Waals surface area contributed by atoms with Crippen molar-refractivity contribution in [3.8, 4) is 11.8 Å². The molecule has 8 heteroatoms. The normalized spacial score (nSPS) is 16.0. The molecule has 7 nitrogen and oxygen atoms in total. The molecule has 0 saturated heterocycles. The molecule has 2 aromatic rings. The molecule has 142 valence electrons. The zero-order valence-electron chi connectivity index (χ0n) is 15.1. The third kappa shape index (κ3) is 3.93. The average molecular weight is 387 g/mol. The summed E-state index contributed by atoms with van der Waals surface area (Å²) < 4.78 is 26.9. The maximum atomic E-state index is 12.1. The smallest absolute Gasteiger partial charge is 0.330 e. The molecule has 0 aliphatic carbocycles. The van der Waals surface area contributed by atoms with E-state index in [-0.39, 0.29) is 16.9 Å². The quantitative estimate of drug-likeness (QED) is 0.727. The van der Waals surface area contributed by atoms with Crippen LogP contribution in [0.2, 0.25) is 0 Å². The molecule has 0 atom stereocenters. The Labute approximate surface area is 158 Å². The maximum Gasteiger partial charge on any atom is 0.330 e. The van der Waals surface area contributed by atoms with Gasteiger partial charge in [-0.3, -0.25) is 0 Å². The van der Waals surface area contributed by atoms with E-state index in [4.69, 9.17) is 5.26 Å². The minimum atomic E-state index is -3.97. The van der Waals surface area contributed by atoms with Gasteiger partial charge in [0.25, 0.3) is 0 Å². The first-order chi connectivity index (χ1) is 12.6. The van der Waals surface area contributed by atoms with Crippen LogP contribution >= 0.6 is 0 Å². The number of fused-ring (bicyclic) bond motifs is 1. The number of aliphatic hydroxyl groups excluding tert-OH is 1. The van der Waals surface area contributed by atoms with Gasteiger partial charge in [0.1, 0.15) is 11.4 Å². The molecule has 2 aromatic carbocycles. The van der Waals surface area contributed by atoms with Gasteiger partial charge in [0, 0.05) is 0 Å². The summed E-state index contributed by atoms with van der Waals surface area (Å²) in [6, 6.07) is 11.1. The minimum Gasteiger partial charge on any atom is -0.506 e. The van der Waals surface area contributed by atoms with Crippen LogP contribution in [-0.2, 0) is 16.6 Å². The molecular weight excluding hydrogens is 366 g/mol. The van der Waals surface area contributed by atoms with Crippen LogP contribution in [0.1, 0.15) is 32.3 Å². The van der Waals surface area contributed by atoms with Gasteiger partial charge in [0.05, 0.1) is 17.7 Å². The Morgan fingerprint density at radius 1 is 1.19 bits per heavy atom. The number of phenolic OH excluding ortho intramolecular Hbond substituents is 1. The number of aryl methyl sites for hydroxylation is 1. The van der Waals surface area contributed by atoms with Crippen LogP contribution < -0.4 is 9.03 Å². The summed E-state index contributed by atoms with van der Waals surface area (Å²) >= 11 is 0. The Hall–Kier alpha value is -2.92. The number of hydrogen-bond donors (Lipinski definition) is 3. The predicted molar refractivity (Wildman–Crippen MR) is 103 cm³/mol. The lowest BCUT2D eigenvalue weighted by Crippen LogP contribution is -2.29. The second-order valence-corrected chi connectivity index (χ2v) is 8.84. The maximum absolute atomic E-state index is 12.1. The van der Waals surface area contributed by atoms with E-state index in [9.17, 15) is 18.6 Å². The van der Waals surface area contributed by atoms with Crippen LogP contribution in [0, 0.1) is 16.7 Å². The van der Waals surface area contributed by atoms with Crippen molar-refractivity contribution in [1.82, 2.24) is 4.72 Å². The number of nitriles is 1. The van der Waals surface area contributed by atoms with Crippen molar-refractivity contribution >= 4 is 26.7 Å². The van der Waals surface area contributed by atoms with Crippen LogP contribution in [0.3, 0.4) is 0 Å². The first kappa shape index (κ1) is 18.9. The molecule has 1 heterocycles. The van der Waals surface area contributed by atoms with Gasteiger partial charge in [-0.15, -0.1) is 0 Å². The molecule has 3 rings (SSSR count). The molecule has 3 N–H and O–H groups in total. The van der Waals surface area contributed by atoms with E-state index in [2.05, 4.69) is 6.07 Å². The highest BCUT2D eigenvalue weighted by molar-refractivity contribution is 7.91. The fraction of sp³-hybridized carbons (Fsp3) is 0.316. The van der Waals surface area contributed by atoms with Gasteiger partial charge in [-0.05, 0) is 61.6 Å². The Bertz CT molecular complexity index is 1070. The van der Waals surface area contributed by atoms with Crippen LogP contribution in [-0.4, -0.2) is 18.6 Å². The number of anilines is 1. The Morgan fingerprint density at radius 2 is 1.93 bits per heavy atom. The molecule has 0 amide bonds. The fourth-order valence-electron chi connectivity index (χ4n) is 3.03. The summed E-state index contributed by atoms with van der Waals surface area (Å²) in [5, 5.41) is 30.3. The van der Waals surface area contributed by atoms with Crippen molar-refractivity contribution in [2.75, 3.05) is 4.31 Å². The van der Waals surface area contributed by atoms with Crippen molar-refractivity contribution in [2.24, 2.45) is 5.41 Å². The third-order valence-corrected chi connectivity index (χ3v) is 5.82. The first-order valence-corrected chi connectivity index (χ1v) is 9.95. The summed E-state index contributed by atoms with van der Waals surface area (Å²) in [6.45, 7) is 3.83. The summed E-state index contributed by atoms with van der Waals surface area (Å²) in [5.74, 6) is -0.717. The van der Waals surface area contributed by atoms with E-state index in [1.807, 2.05) is 36.8 Å². The highest BCUT2D eigenvalue weighted by Gasteiger charge is 2.30. The van der Waals surface area contributed by atoms with Crippen molar-refractivity contribution in [2.45, 2.75) is 33.1 Å². The number of nitrogens with zero attached hydrogens (tertiary/aromatic N) is 2. The highest BCUT2D eigenvalue weighted by Crippen LogP contribution is 2.36. The lowest BCUT2D eigenvalue weighted by Gasteiger charge is -2.17. The number of nitrogens with one attached hydrogen (secondary N) is 1. The van der Waals surface area contributed by atoms with E-state index in [1.165, 1.54) is 6.07 Å². The van der Waals surface area contributed by atoms with Crippen LogP contribution in [0.15, 0.2) is 42.4 Å². The van der Waals surface area contributed by atoms with Crippen molar-refractivity contribution < 1.29 is 18.6 Å². The molecule has 0 unspecified atom stereocenters. The second-order valence-electron chi connectivity index (χ2n) is 7.29. The van der Waals surface area contributed by atoms with Gasteiger partial charge in [0.2, 0.25) is 5.88 Å². The molecule has 0 spiro atoms. The zero-order chi connectivity index (χ0) is 19.8. The molecule has 27 heavy (non-hydrogen) atoms. The molecular formula is C19H21N3O4S. The van der Waals surface area contributed by atoms with Crippen molar-refractivity contribution in [3.05, 3.63) is 48.0 Å². The summed E-state index contributed by atoms with van der Waals surface area (Å²) in [6.07, 6.45) is 3.44. The largest absolute Gasteiger partial charge is 0.506 e. The second kappa shape index (κ2) is 6.67. The predicted octanol–water partition coefficient (Wildman–Crippen LogP) is 3.43. The standard InChI is InChI=1S/C19H21N3O4S/c1-19(2,12-20)7-3-4-13-5-6-14-10-17(23)16(9-15(14)8-13)22-11-18(24)21-27(22,25)26/h5-6,8-11,21,23-24H,3-4,7H2,1-2H3. The zero-order valence-corrected chi connectivity index (χ0v) is 15.9. The summed E-state index contributed by atoms with van der Waals surface area (Å²) in [4.78, 5) is 0. The van der Waals surface area contributed by atoms with Gasteiger partial charge in [-0.2, -0.15) is 13.7 Å². The van der Waals surface area contributed by atoms with E-state index >= 15 is 0 Å². The van der Waals surface area contributed by atoms with Gasteiger partial charge in [-0.25, -0.2) is 9.03 Å². The van der Waals surface area contributed by atoms with E-state index in [0.717, 1.165) is 46.1 Å². The minimum absolute atomic E-state index is 0.0572. The average Bonchev–Trinajstić information content (AvgIpc) is 2.86. The monoisotopic (exact) mass is 387 g/mol. The third-order valence-electron chi connectivity index (χ3n) is 4.54. The number of rotatable bonds is 5. The molecule has 0 fully saturated rings. The van der Waals surface area contributed by atoms with Gasteiger partial charge < -0.3 is 10.2 Å². The summed E-state index contributed by atoms with van der Waals surface area (Å²) in [7, 11) is -3.97. The molecule has 0 aromatic heterocycles. The van der Waals surface area contributed by atoms with Crippen LogP contribution in [0.4, 0.5) is 5.69 Å². The lowest BCUT2D eigenvalue weighted by atomic mass is 9.88. The van der Waals surface area contributed by atoms with Crippen LogP contribution in [0.5, 0.6) is 5.75 Å². The number of benzene rings is 2. The Kier molecular flexibility index (Phi) is 4.66. The van der Waals surface area contributed by atoms with Crippen molar-refractivity contribution in [1.29, 1.82) is 5.26 Å². The van der Waals surface area contributed by atoms with E-state index < -0.39 is 16.1 Å². The number of aromatic hydroxyl groups is 1. The number of hydrogen-bond acceptors (Lipinski definition) is 5.